The molecule has 4 nitrogen and oxygen atoms in total. The Kier molecular flexibility index (Phi) is 2.38. The van der Waals surface area contributed by atoms with Crippen LogP contribution in [0.15, 0.2) is 6.20 Å². The van der Waals surface area contributed by atoms with Gasteiger partial charge >= 0.3 is 5.97 Å². The van der Waals surface area contributed by atoms with Crippen molar-refractivity contribution in [1.82, 2.24) is 9.97 Å². The van der Waals surface area contributed by atoms with Crippen LogP contribution in [0.3, 0.4) is 0 Å². The minimum absolute atomic E-state index is 0.289. The summed E-state index contributed by atoms with van der Waals surface area (Å²) in [4.78, 5) is 19.1. The lowest BCUT2D eigenvalue weighted by Gasteiger charge is -2.01. The van der Waals surface area contributed by atoms with E-state index in [-0.39, 0.29) is 5.69 Å². The van der Waals surface area contributed by atoms with E-state index in [0.717, 1.165) is 0 Å². The third kappa shape index (κ3) is 1.58. The maximum Gasteiger partial charge on any atom is 0.358 e. The number of ether oxygens (including phenoxy) is 1. The molecule has 0 aliphatic heterocycles. The number of aryl methyl sites for hydroxylation is 2. The third-order valence-electron chi connectivity index (χ3n) is 1.45. The highest BCUT2D eigenvalue weighted by atomic mass is 16.5. The molecule has 1 rings (SSSR count). The number of methoxy groups -OCH3 is 1. The monoisotopic (exact) mass is 166 g/mol. The van der Waals surface area contributed by atoms with Gasteiger partial charge in [-0.3, -0.25) is 4.98 Å². The lowest BCUT2D eigenvalue weighted by molar-refractivity contribution is 0.0592. The molecule has 0 aliphatic rings. The number of hydrogen-bond donors (Lipinski definition) is 0. The summed E-state index contributed by atoms with van der Waals surface area (Å²) in [6, 6.07) is 0. The number of esters is 1. The van der Waals surface area contributed by atoms with Gasteiger partial charge in [0, 0.05) is 6.20 Å². The molecule has 0 radical (unpaired) electrons. The lowest BCUT2D eigenvalue weighted by Crippen LogP contribution is -2.08. The van der Waals surface area contributed by atoms with Crippen molar-refractivity contribution in [3.05, 3.63) is 23.3 Å². The van der Waals surface area contributed by atoms with Crippen molar-refractivity contribution in [2.45, 2.75) is 13.8 Å². The van der Waals surface area contributed by atoms with Crippen LogP contribution in [0.1, 0.15) is 21.9 Å². The van der Waals surface area contributed by atoms with Gasteiger partial charge in [0.25, 0.3) is 0 Å². The normalized spacial score (nSPS) is 9.58. The van der Waals surface area contributed by atoms with Gasteiger partial charge in [-0.05, 0) is 13.8 Å². The van der Waals surface area contributed by atoms with Crippen molar-refractivity contribution in [2.24, 2.45) is 0 Å². The Morgan fingerprint density at radius 3 is 2.75 bits per heavy atom. The minimum atomic E-state index is -0.441. The molecule has 64 valence electrons. The van der Waals surface area contributed by atoms with Gasteiger partial charge in [-0.25, -0.2) is 9.78 Å². The molecular weight excluding hydrogens is 156 g/mol. The predicted octanol–water partition coefficient (Wildman–Crippen LogP) is 0.880. The highest BCUT2D eigenvalue weighted by Crippen LogP contribution is 2.03. The molecule has 0 fully saturated rings. The summed E-state index contributed by atoms with van der Waals surface area (Å²) in [7, 11) is 1.33. The fraction of sp³-hybridized carbons (Fsp3) is 0.375. The largest absolute Gasteiger partial charge is 0.464 e. The maximum absolute atomic E-state index is 11.1. The van der Waals surface area contributed by atoms with E-state index >= 15 is 0 Å². The molecule has 0 saturated heterocycles. The molecule has 12 heavy (non-hydrogen) atoms. The van der Waals surface area contributed by atoms with Crippen LogP contribution in [-0.2, 0) is 4.74 Å². The zero-order chi connectivity index (χ0) is 9.14. The standard InChI is InChI=1S/C8H10N2O2/c1-5-4-9-6(2)7(10-5)8(11)12-3/h4H,1-3H3. The van der Waals surface area contributed by atoms with Gasteiger partial charge in [0.15, 0.2) is 5.69 Å². The molecule has 4 heteroatoms. The lowest BCUT2D eigenvalue weighted by atomic mass is 10.3. The SMILES string of the molecule is COC(=O)c1nc(C)cnc1C. The first kappa shape index (κ1) is 8.64. The van der Waals surface area contributed by atoms with Crippen LogP contribution in [0, 0.1) is 13.8 Å². The summed E-state index contributed by atoms with van der Waals surface area (Å²) < 4.78 is 4.53. The van der Waals surface area contributed by atoms with Crippen molar-refractivity contribution in [2.75, 3.05) is 7.11 Å². The van der Waals surface area contributed by atoms with Crippen molar-refractivity contribution in [3.8, 4) is 0 Å². The van der Waals surface area contributed by atoms with Crippen molar-refractivity contribution in [3.63, 3.8) is 0 Å². The van der Waals surface area contributed by atoms with E-state index in [1.165, 1.54) is 7.11 Å². The summed E-state index contributed by atoms with van der Waals surface area (Å²) in [6.45, 7) is 3.50. The fourth-order valence-electron chi connectivity index (χ4n) is 0.828. The topological polar surface area (TPSA) is 52.1 Å². The number of carbonyl (C=O) groups is 1. The van der Waals surface area contributed by atoms with Gasteiger partial charge < -0.3 is 4.74 Å². The molecule has 0 N–H and O–H groups in total. The number of carbonyl (C=O) groups excluding carboxylic acids is 1. The zero-order valence-electron chi connectivity index (χ0n) is 7.29. The van der Waals surface area contributed by atoms with E-state index in [9.17, 15) is 4.79 Å². The van der Waals surface area contributed by atoms with E-state index in [2.05, 4.69) is 14.7 Å². The van der Waals surface area contributed by atoms with E-state index in [1.54, 1.807) is 20.0 Å². The van der Waals surface area contributed by atoms with Crippen LogP contribution in [0.25, 0.3) is 0 Å². The Balaban J connectivity index is 3.13. The molecule has 1 aromatic heterocycles. The van der Waals surface area contributed by atoms with Gasteiger partial charge in [-0.2, -0.15) is 0 Å². The molecule has 0 amide bonds. The first-order valence-corrected chi connectivity index (χ1v) is 3.53. The summed E-state index contributed by atoms with van der Waals surface area (Å²) in [5, 5.41) is 0. The molecule has 0 saturated carbocycles. The Morgan fingerprint density at radius 1 is 1.50 bits per heavy atom. The summed E-state index contributed by atoms with van der Waals surface area (Å²) in [5.41, 5.74) is 1.59. The number of aromatic nitrogens is 2. The second kappa shape index (κ2) is 3.30. The van der Waals surface area contributed by atoms with E-state index in [0.29, 0.717) is 11.4 Å². The second-order valence-electron chi connectivity index (χ2n) is 2.44. The van der Waals surface area contributed by atoms with Gasteiger partial charge in [-0.1, -0.05) is 0 Å². The van der Waals surface area contributed by atoms with Gasteiger partial charge in [0.1, 0.15) is 0 Å². The van der Waals surface area contributed by atoms with Crippen molar-refractivity contribution >= 4 is 5.97 Å². The minimum Gasteiger partial charge on any atom is -0.464 e. The van der Waals surface area contributed by atoms with Gasteiger partial charge in [-0.15, -0.1) is 0 Å². The molecule has 0 bridgehead atoms. The van der Waals surface area contributed by atoms with Gasteiger partial charge in [0.05, 0.1) is 18.5 Å². The highest BCUT2D eigenvalue weighted by molar-refractivity contribution is 5.88. The van der Waals surface area contributed by atoms with E-state index in [1.807, 2.05) is 0 Å². The molecule has 0 atom stereocenters. The first-order chi connectivity index (χ1) is 5.65. The third-order valence-corrected chi connectivity index (χ3v) is 1.45. The van der Waals surface area contributed by atoms with Crippen molar-refractivity contribution < 1.29 is 9.53 Å². The summed E-state index contributed by atoms with van der Waals surface area (Å²) >= 11 is 0. The maximum atomic E-state index is 11.1. The molecule has 0 aliphatic carbocycles. The van der Waals surface area contributed by atoms with E-state index in [4.69, 9.17) is 0 Å². The van der Waals surface area contributed by atoms with E-state index < -0.39 is 5.97 Å². The fourth-order valence-corrected chi connectivity index (χ4v) is 0.828. The van der Waals surface area contributed by atoms with Crippen LogP contribution in [0.2, 0.25) is 0 Å². The molecule has 1 heterocycles. The number of nitrogens with zero attached hydrogens (tertiary/aromatic N) is 2. The molecule has 0 unspecified atom stereocenters. The smallest absolute Gasteiger partial charge is 0.358 e. The summed E-state index contributed by atoms with van der Waals surface area (Å²) in [6.07, 6.45) is 1.61. The Morgan fingerprint density at radius 2 is 2.17 bits per heavy atom. The second-order valence-corrected chi connectivity index (χ2v) is 2.44. The Hall–Kier alpha value is -1.45. The van der Waals surface area contributed by atoms with Gasteiger partial charge in [0.2, 0.25) is 0 Å². The quantitative estimate of drug-likeness (QED) is 0.581. The summed E-state index contributed by atoms with van der Waals surface area (Å²) in [5.74, 6) is -0.441. The average Bonchev–Trinajstić information content (AvgIpc) is 2.08. The van der Waals surface area contributed by atoms with Crippen LogP contribution < -0.4 is 0 Å². The van der Waals surface area contributed by atoms with Crippen LogP contribution in [0.4, 0.5) is 0 Å². The Bertz CT molecular complexity index is 310. The number of rotatable bonds is 1. The Labute approximate surface area is 70.6 Å². The zero-order valence-corrected chi connectivity index (χ0v) is 7.29. The molecule has 1 aromatic rings. The predicted molar refractivity (Wildman–Crippen MR) is 42.8 cm³/mol. The van der Waals surface area contributed by atoms with Crippen molar-refractivity contribution in [1.29, 1.82) is 0 Å². The van der Waals surface area contributed by atoms with Crippen LogP contribution in [0.5, 0.6) is 0 Å². The molecular formula is C8H10N2O2. The highest BCUT2D eigenvalue weighted by Gasteiger charge is 2.11. The molecule has 0 aromatic carbocycles. The average molecular weight is 166 g/mol. The van der Waals surface area contributed by atoms with Crippen LogP contribution >= 0.6 is 0 Å². The van der Waals surface area contributed by atoms with Crippen LogP contribution in [-0.4, -0.2) is 23.0 Å². The molecule has 0 spiro atoms. The number of hydrogen-bond acceptors (Lipinski definition) is 4. The first-order valence-electron chi connectivity index (χ1n) is 3.53.